The van der Waals surface area contributed by atoms with Crippen LogP contribution in [0.3, 0.4) is 0 Å². The first-order valence-electron chi connectivity index (χ1n) is 5.85. The van der Waals surface area contributed by atoms with E-state index in [1.807, 2.05) is 0 Å². The van der Waals surface area contributed by atoms with Gasteiger partial charge >= 0.3 is 0 Å². The zero-order valence-electron chi connectivity index (χ0n) is 9.54. The molecule has 0 aliphatic carbocycles. The van der Waals surface area contributed by atoms with Crippen molar-refractivity contribution in [3.63, 3.8) is 0 Å². The Hall–Kier alpha value is 0.1000. The molecule has 0 bridgehead atoms. The fraction of sp³-hybridized carbons (Fsp3) is 0.667. The highest BCUT2D eigenvalue weighted by Crippen LogP contribution is 2.35. The maximum Gasteiger partial charge on any atom is 0.0469 e. The van der Waals surface area contributed by atoms with Gasteiger partial charge in [0.15, 0.2) is 0 Å². The van der Waals surface area contributed by atoms with Gasteiger partial charge in [-0.05, 0) is 52.2 Å². The van der Waals surface area contributed by atoms with E-state index in [0.717, 1.165) is 19.8 Å². The van der Waals surface area contributed by atoms with E-state index in [1.54, 1.807) is 11.3 Å². The lowest BCUT2D eigenvalue weighted by molar-refractivity contribution is 0.0538. The molecule has 0 aromatic carbocycles. The topological polar surface area (TPSA) is 21.3 Å². The van der Waals surface area contributed by atoms with Gasteiger partial charge in [0.05, 0.1) is 0 Å². The van der Waals surface area contributed by atoms with Crippen molar-refractivity contribution >= 4 is 27.3 Å². The highest BCUT2D eigenvalue weighted by Gasteiger charge is 2.26. The molecule has 16 heavy (non-hydrogen) atoms. The molecule has 1 N–H and O–H groups in total. The van der Waals surface area contributed by atoms with Gasteiger partial charge in [0, 0.05) is 29.1 Å². The van der Waals surface area contributed by atoms with Gasteiger partial charge in [-0.25, -0.2) is 0 Å². The number of ether oxygens (including phenoxy) is 1. The molecule has 2 nitrogen and oxygen atoms in total. The second-order valence-electron chi connectivity index (χ2n) is 4.16. The first-order chi connectivity index (χ1) is 7.83. The minimum atomic E-state index is 0.481. The van der Waals surface area contributed by atoms with Crippen molar-refractivity contribution in [3.05, 3.63) is 20.8 Å². The fourth-order valence-electron chi connectivity index (χ4n) is 2.31. The lowest BCUT2D eigenvalue weighted by atomic mass is 9.88. The van der Waals surface area contributed by atoms with Gasteiger partial charge in [-0.3, -0.25) is 0 Å². The summed E-state index contributed by atoms with van der Waals surface area (Å²) in [6.07, 6.45) is 2.33. The van der Waals surface area contributed by atoms with Gasteiger partial charge in [-0.15, -0.1) is 0 Å². The van der Waals surface area contributed by atoms with Crippen LogP contribution < -0.4 is 5.32 Å². The molecule has 1 atom stereocenters. The van der Waals surface area contributed by atoms with Gasteiger partial charge in [0.2, 0.25) is 0 Å². The third kappa shape index (κ3) is 2.86. The maximum absolute atomic E-state index is 5.44. The van der Waals surface area contributed by atoms with E-state index in [0.29, 0.717) is 12.0 Å². The number of halogens is 1. The quantitative estimate of drug-likeness (QED) is 0.918. The van der Waals surface area contributed by atoms with Crippen LogP contribution in [0, 0.1) is 5.92 Å². The van der Waals surface area contributed by atoms with Crippen molar-refractivity contribution in [2.24, 2.45) is 5.92 Å². The summed E-state index contributed by atoms with van der Waals surface area (Å²) in [5.41, 5.74) is 1.42. The third-order valence-electron chi connectivity index (χ3n) is 3.14. The molecular weight excluding hydrogens is 286 g/mol. The first kappa shape index (κ1) is 12.6. The first-order valence-corrected chi connectivity index (χ1v) is 7.59. The van der Waals surface area contributed by atoms with Gasteiger partial charge in [0.1, 0.15) is 0 Å². The van der Waals surface area contributed by atoms with Crippen molar-refractivity contribution in [2.75, 3.05) is 19.8 Å². The Labute approximate surface area is 110 Å². The molecule has 2 rings (SSSR count). The Morgan fingerprint density at radius 2 is 2.25 bits per heavy atom. The molecular formula is C12H18BrNOS. The number of hydrogen-bond acceptors (Lipinski definition) is 3. The van der Waals surface area contributed by atoms with Crippen LogP contribution in [0.15, 0.2) is 15.2 Å². The van der Waals surface area contributed by atoms with Crippen molar-refractivity contribution < 1.29 is 4.74 Å². The summed E-state index contributed by atoms with van der Waals surface area (Å²) in [5, 5.41) is 8.04. The molecule has 1 fully saturated rings. The lowest BCUT2D eigenvalue weighted by Gasteiger charge is -2.31. The Kier molecular flexibility index (Phi) is 4.82. The third-order valence-corrected chi connectivity index (χ3v) is 4.89. The molecule has 4 heteroatoms. The van der Waals surface area contributed by atoms with E-state index < -0.39 is 0 Å². The van der Waals surface area contributed by atoms with E-state index in [9.17, 15) is 0 Å². The summed E-state index contributed by atoms with van der Waals surface area (Å²) in [6, 6.07) is 0.481. The van der Waals surface area contributed by atoms with Crippen LogP contribution in [-0.2, 0) is 4.74 Å². The van der Waals surface area contributed by atoms with Crippen LogP contribution in [0.2, 0.25) is 0 Å². The van der Waals surface area contributed by atoms with E-state index in [4.69, 9.17) is 4.74 Å². The summed E-state index contributed by atoms with van der Waals surface area (Å²) in [4.78, 5) is 0. The molecule has 1 aromatic heterocycles. The summed E-state index contributed by atoms with van der Waals surface area (Å²) in [6.45, 7) is 5.01. The van der Waals surface area contributed by atoms with Crippen LogP contribution >= 0.6 is 27.3 Å². The van der Waals surface area contributed by atoms with E-state index >= 15 is 0 Å². The highest BCUT2D eigenvalue weighted by molar-refractivity contribution is 9.10. The second kappa shape index (κ2) is 6.15. The van der Waals surface area contributed by atoms with Crippen molar-refractivity contribution in [2.45, 2.75) is 25.8 Å². The normalized spacial score (nSPS) is 19.9. The molecule has 1 aromatic rings. The minimum absolute atomic E-state index is 0.481. The summed E-state index contributed by atoms with van der Waals surface area (Å²) in [7, 11) is 0. The molecule has 2 heterocycles. The number of rotatable bonds is 4. The van der Waals surface area contributed by atoms with Crippen LogP contribution in [-0.4, -0.2) is 19.8 Å². The largest absolute Gasteiger partial charge is 0.381 e. The van der Waals surface area contributed by atoms with Crippen LogP contribution in [0.4, 0.5) is 0 Å². The van der Waals surface area contributed by atoms with E-state index in [1.165, 1.54) is 22.9 Å². The Bertz CT molecular complexity index is 323. The Morgan fingerprint density at radius 3 is 2.81 bits per heavy atom. The molecule has 0 amide bonds. The molecule has 90 valence electrons. The van der Waals surface area contributed by atoms with Gasteiger partial charge in [0.25, 0.3) is 0 Å². The maximum atomic E-state index is 5.44. The molecule has 1 unspecified atom stereocenters. The highest BCUT2D eigenvalue weighted by atomic mass is 79.9. The molecule has 1 saturated heterocycles. The van der Waals surface area contributed by atoms with Crippen LogP contribution in [0.5, 0.6) is 0 Å². The summed E-state index contributed by atoms with van der Waals surface area (Å²) in [5.74, 6) is 0.708. The Morgan fingerprint density at radius 1 is 1.50 bits per heavy atom. The predicted octanol–water partition coefficient (Wildman–Crippen LogP) is 3.59. The molecule has 1 aliphatic heterocycles. The van der Waals surface area contributed by atoms with Gasteiger partial charge in [-0.1, -0.05) is 6.92 Å². The monoisotopic (exact) mass is 303 g/mol. The summed E-state index contributed by atoms with van der Waals surface area (Å²) >= 11 is 5.41. The van der Waals surface area contributed by atoms with E-state index in [-0.39, 0.29) is 0 Å². The average molecular weight is 304 g/mol. The van der Waals surface area contributed by atoms with Crippen molar-refractivity contribution in [1.82, 2.24) is 5.32 Å². The number of nitrogens with one attached hydrogen (secondary N) is 1. The van der Waals surface area contributed by atoms with Crippen LogP contribution in [0.1, 0.15) is 31.4 Å². The summed E-state index contributed by atoms with van der Waals surface area (Å²) < 4.78 is 6.68. The fourth-order valence-corrected chi connectivity index (χ4v) is 3.89. The smallest absolute Gasteiger partial charge is 0.0469 e. The standard InChI is InChI=1S/C12H18BrNOS/c1-2-14-12(9-3-5-15-6-4-9)10-7-16-8-11(10)13/h7-9,12,14H,2-6H2,1H3. The van der Waals surface area contributed by atoms with Gasteiger partial charge < -0.3 is 10.1 Å². The minimum Gasteiger partial charge on any atom is -0.381 e. The Balaban J connectivity index is 2.12. The lowest BCUT2D eigenvalue weighted by Crippen LogP contribution is -2.32. The number of thiophene rings is 1. The average Bonchev–Trinajstić information content (AvgIpc) is 2.73. The SMILES string of the molecule is CCNC(c1cscc1Br)C1CCOCC1. The van der Waals surface area contributed by atoms with Crippen LogP contribution in [0.25, 0.3) is 0 Å². The molecule has 0 radical (unpaired) electrons. The van der Waals surface area contributed by atoms with E-state index in [2.05, 4.69) is 38.9 Å². The van der Waals surface area contributed by atoms with Crippen molar-refractivity contribution in [1.29, 1.82) is 0 Å². The molecule has 1 aliphatic rings. The number of hydrogen-bond donors (Lipinski definition) is 1. The zero-order chi connectivity index (χ0) is 11.4. The molecule has 0 saturated carbocycles. The zero-order valence-corrected chi connectivity index (χ0v) is 11.9. The second-order valence-corrected chi connectivity index (χ2v) is 5.76. The molecule has 0 spiro atoms. The predicted molar refractivity (Wildman–Crippen MR) is 72.0 cm³/mol. The van der Waals surface area contributed by atoms with Crippen molar-refractivity contribution in [3.8, 4) is 0 Å². The van der Waals surface area contributed by atoms with Gasteiger partial charge in [-0.2, -0.15) is 11.3 Å².